The molecule has 0 aliphatic heterocycles. The highest BCUT2D eigenvalue weighted by atomic mass is 79.9. The van der Waals surface area contributed by atoms with Gasteiger partial charge in [0.1, 0.15) is 0 Å². The van der Waals surface area contributed by atoms with Crippen LogP contribution in [0.2, 0.25) is 0 Å². The molecule has 1 aromatic carbocycles. The molecule has 0 saturated carbocycles. The molecule has 0 atom stereocenters. The fourth-order valence-electron chi connectivity index (χ4n) is 1.42. The standard InChI is InChI=1S/C12H8BrNO/c13-12-5-6-14-7-11(12)10-4-2-1-3-9(10)8-15/h1-8H. The topological polar surface area (TPSA) is 30.0 Å². The minimum absolute atomic E-state index is 0.672. The summed E-state index contributed by atoms with van der Waals surface area (Å²) in [6.07, 6.45) is 4.30. The second-order valence-electron chi connectivity index (χ2n) is 3.06. The number of hydrogen-bond donors (Lipinski definition) is 0. The minimum atomic E-state index is 0.672. The number of hydrogen-bond acceptors (Lipinski definition) is 2. The van der Waals surface area contributed by atoms with Gasteiger partial charge in [-0.3, -0.25) is 9.78 Å². The number of aldehydes is 1. The number of carbonyl (C=O) groups is 1. The summed E-state index contributed by atoms with van der Waals surface area (Å²) in [5, 5.41) is 0. The van der Waals surface area contributed by atoms with Crippen molar-refractivity contribution in [1.82, 2.24) is 4.98 Å². The summed E-state index contributed by atoms with van der Waals surface area (Å²) >= 11 is 3.44. The predicted octanol–water partition coefficient (Wildman–Crippen LogP) is 3.32. The first-order valence-corrected chi connectivity index (χ1v) is 5.26. The van der Waals surface area contributed by atoms with E-state index < -0.39 is 0 Å². The van der Waals surface area contributed by atoms with E-state index in [1.165, 1.54) is 0 Å². The Kier molecular flexibility index (Phi) is 2.92. The Balaban J connectivity index is 2.64. The highest BCUT2D eigenvalue weighted by Gasteiger charge is 2.06. The fourth-order valence-corrected chi connectivity index (χ4v) is 1.85. The highest BCUT2D eigenvalue weighted by molar-refractivity contribution is 9.10. The molecule has 1 heterocycles. The first-order chi connectivity index (χ1) is 7.33. The van der Waals surface area contributed by atoms with Crippen LogP contribution in [-0.2, 0) is 0 Å². The Labute approximate surface area is 96.1 Å². The van der Waals surface area contributed by atoms with E-state index in [9.17, 15) is 4.79 Å². The largest absolute Gasteiger partial charge is 0.298 e. The van der Waals surface area contributed by atoms with Crippen LogP contribution in [0.15, 0.2) is 47.2 Å². The van der Waals surface area contributed by atoms with Gasteiger partial charge >= 0.3 is 0 Å². The van der Waals surface area contributed by atoms with E-state index in [0.717, 1.165) is 21.9 Å². The third-order valence-electron chi connectivity index (χ3n) is 2.15. The predicted molar refractivity (Wildman–Crippen MR) is 62.8 cm³/mol. The molecule has 2 nitrogen and oxygen atoms in total. The third-order valence-corrected chi connectivity index (χ3v) is 2.84. The Morgan fingerprint density at radius 3 is 2.67 bits per heavy atom. The van der Waals surface area contributed by atoms with Crippen molar-refractivity contribution in [2.24, 2.45) is 0 Å². The van der Waals surface area contributed by atoms with Crippen LogP contribution < -0.4 is 0 Å². The van der Waals surface area contributed by atoms with Gasteiger partial charge in [0.05, 0.1) is 0 Å². The fraction of sp³-hybridized carbons (Fsp3) is 0. The van der Waals surface area contributed by atoms with Gasteiger partial charge < -0.3 is 0 Å². The molecule has 0 radical (unpaired) electrons. The highest BCUT2D eigenvalue weighted by Crippen LogP contribution is 2.28. The van der Waals surface area contributed by atoms with Crippen molar-refractivity contribution in [3.63, 3.8) is 0 Å². The molecule has 0 saturated heterocycles. The first-order valence-electron chi connectivity index (χ1n) is 4.47. The van der Waals surface area contributed by atoms with Crippen LogP contribution in [0.5, 0.6) is 0 Å². The number of pyridine rings is 1. The zero-order chi connectivity index (χ0) is 10.7. The van der Waals surface area contributed by atoms with Crippen LogP contribution >= 0.6 is 15.9 Å². The number of nitrogens with zero attached hydrogens (tertiary/aromatic N) is 1. The van der Waals surface area contributed by atoms with Crippen LogP contribution in [0.25, 0.3) is 11.1 Å². The normalized spacial score (nSPS) is 9.93. The molecule has 0 aliphatic rings. The second-order valence-corrected chi connectivity index (χ2v) is 3.91. The first kappa shape index (κ1) is 10.1. The van der Waals surface area contributed by atoms with E-state index in [1.54, 1.807) is 18.5 Å². The van der Waals surface area contributed by atoms with Crippen molar-refractivity contribution in [1.29, 1.82) is 0 Å². The van der Waals surface area contributed by atoms with E-state index in [-0.39, 0.29) is 0 Å². The summed E-state index contributed by atoms with van der Waals surface area (Å²) in [5.74, 6) is 0. The Morgan fingerprint density at radius 2 is 1.93 bits per heavy atom. The van der Waals surface area contributed by atoms with Crippen LogP contribution in [0.3, 0.4) is 0 Å². The van der Waals surface area contributed by atoms with E-state index in [1.807, 2.05) is 24.3 Å². The summed E-state index contributed by atoms with van der Waals surface area (Å²) in [7, 11) is 0. The molecule has 2 rings (SSSR count). The van der Waals surface area contributed by atoms with Crippen molar-refractivity contribution < 1.29 is 4.79 Å². The number of aromatic nitrogens is 1. The molecule has 0 N–H and O–H groups in total. The molecule has 15 heavy (non-hydrogen) atoms. The maximum atomic E-state index is 10.9. The van der Waals surface area contributed by atoms with Crippen molar-refractivity contribution >= 4 is 22.2 Å². The lowest BCUT2D eigenvalue weighted by Crippen LogP contribution is -1.88. The van der Waals surface area contributed by atoms with Crippen molar-refractivity contribution in [2.45, 2.75) is 0 Å². The SMILES string of the molecule is O=Cc1ccccc1-c1cnccc1Br. The van der Waals surface area contributed by atoms with Crippen molar-refractivity contribution in [3.05, 3.63) is 52.8 Å². The smallest absolute Gasteiger partial charge is 0.150 e. The molecule has 74 valence electrons. The average Bonchev–Trinajstić information content (AvgIpc) is 2.30. The molecular weight excluding hydrogens is 254 g/mol. The van der Waals surface area contributed by atoms with Gasteiger partial charge in [0, 0.05) is 28.0 Å². The van der Waals surface area contributed by atoms with Gasteiger partial charge in [0.15, 0.2) is 6.29 Å². The lowest BCUT2D eigenvalue weighted by atomic mass is 10.0. The number of halogens is 1. The summed E-state index contributed by atoms with van der Waals surface area (Å²) in [5.41, 5.74) is 2.50. The number of benzene rings is 1. The Bertz CT molecular complexity index is 496. The lowest BCUT2D eigenvalue weighted by Gasteiger charge is -2.05. The molecule has 0 aliphatic carbocycles. The molecular formula is C12H8BrNO. The zero-order valence-electron chi connectivity index (χ0n) is 7.85. The molecule has 0 bridgehead atoms. The van der Waals surface area contributed by atoms with Gasteiger partial charge in [-0.15, -0.1) is 0 Å². The summed E-state index contributed by atoms with van der Waals surface area (Å²) in [4.78, 5) is 14.9. The number of carbonyl (C=O) groups excluding carboxylic acids is 1. The lowest BCUT2D eigenvalue weighted by molar-refractivity contribution is 0.112. The van der Waals surface area contributed by atoms with Crippen LogP contribution in [0.4, 0.5) is 0 Å². The summed E-state index contributed by atoms with van der Waals surface area (Å²) in [6, 6.07) is 9.31. The van der Waals surface area contributed by atoms with Gasteiger partial charge in [0.2, 0.25) is 0 Å². The van der Waals surface area contributed by atoms with E-state index in [0.29, 0.717) is 5.56 Å². The molecule has 0 fully saturated rings. The van der Waals surface area contributed by atoms with Gasteiger partial charge in [-0.2, -0.15) is 0 Å². The molecule has 0 unspecified atom stereocenters. The molecule has 0 spiro atoms. The summed E-state index contributed by atoms with van der Waals surface area (Å²) < 4.78 is 0.937. The Morgan fingerprint density at radius 1 is 1.13 bits per heavy atom. The minimum Gasteiger partial charge on any atom is -0.298 e. The zero-order valence-corrected chi connectivity index (χ0v) is 9.44. The maximum absolute atomic E-state index is 10.9. The van der Waals surface area contributed by atoms with Crippen LogP contribution in [-0.4, -0.2) is 11.3 Å². The van der Waals surface area contributed by atoms with Gasteiger partial charge in [-0.05, 0) is 11.6 Å². The second kappa shape index (κ2) is 4.36. The van der Waals surface area contributed by atoms with Crippen LogP contribution in [0.1, 0.15) is 10.4 Å². The van der Waals surface area contributed by atoms with Crippen LogP contribution in [0, 0.1) is 0 Å². The van der Waals surface area contributed by atoms with E-state index >= 15 is 0 Å². The number of rotatable bonds is 2. The molecule has 2 aromatic rings. The maximum Gasteiger partial charge on any atom is 0.150 e. The van der Waals surface area contributed by atoms with E-state index in [4.69, 9.17) is 0 Å². The molecule has 1 aromatic heterocycles. The summed E-state index contributed by atoms with van der Waals surface area (Å²) in [6.45, 7) is 0. The third kappa shape index (κ3) is 1.97. The molecule has 0 amide bonds. The van der Waals surface area contributed by atoms with Crippen molar-refractivity contribution in [3.8, 4) is 11.1 Å². The van der Waals surface area contributed by atoms with E-state index in [2.05, 4.69) is 20.9 Å². The quantitative estimate of drug-likeness (QED) is 0.777. The van der Waals surface area contributed by atoms with Gasteiger partial charge in [-0.1, -0.05) is 40.2 Å². The monoisotopic (exact) mass is 261 g/mol. The Hall–Kier alpha value is -1.48. The van der Waals surface area contributed by atoms with Crippen molar-refractivity contribution in [2.75, 3.05) is 0 Å². The average molecular weight is 262 g/mol. The molecule has 3 heteroatoms. The van der Waals surface area contributed by atoms with Gasteiger partial charge in [0.25, 0.3) is 0 Å². The van der Waals surface area contributed by atoms with Gasteiger partial charge in [-0.25, -0.2) is 0 Å².